The lowest BCUT2D eigenvalue weighted by Gasteiger charge is -2.27. The summed E-state index contributed by atoms with van der Waals surface area (Å²) in [6, 6.07) is 6.57. The number of amides is 2. The molecular formula is C19H20F3N3O3S. The predicted molar refractivity (Wildman–Crippen MR) is 103 cm³/mol. The lowest BCUT2D eigenvalue weighted by atomic mass is 10.1. The summed E-state index contributed by atoms with van der Waals surface area (Å²) in [6.07, 6.45) is -2.59. The van der Waals surface area contributed by atoms with Crippen LogP contribution in [0.15, 0.2) is 41.1 Å². The summed E-state index contributed by atoms with van der Waals surface area (Å²) >= 11 is 1.57. The largest absolute Gasteiger partial charge is 0.573 e. The number of hydrogen-bond donors (Lipinski definition) is 2. The number of anilines is 1. The van der Waals surface area contributed by atoms with E-state index in [9.17, 15) is 22.8 Å². The molecule has 10 heteroatoms. The van der Waals surface area contributed by atoms with Gasteiger partial charge in [0.15, 0.2) is 0 Å². The third kappa shape index (κ3) is 6.20. The van der Waals surface area contributed by atoms with Crippen LogP contribution in [-0.2, 0) is 9.59 Å². The molecule has 1 atom stereocenters. The molecule has 0 aliphatic carbocycles. The van der Waals surface area contributed by atoms with Crippen LogP contribution in [0.25, 0.3) is 0 Å². The Morgan fingerprint density at radius 1 is 1.10 bits per heavy atom. The van der Waals surface area contributed by atoms with Crippen LogP contribution < -0.4 is 15.4 Å². The molecule has 0 radical (unpaired) electrons. The third-order valence-corrected chi connectivity index (χ3v) is 5.22. The van der Waals surface area contributed by atoms with Gasteiger partial charge in [0.2, 0.25) is 0 Å². The molecule has 3 rings (SSSR count). The minimum Gasteiger partial charge on any atom is -0.406 e. The van der Waals surface area contributed by atoms with E-state index in [4.69, 9.17) is 0 Å². The molecule has 0 saturated carbocycles. The Morgan fingerprint density at radius 2 is 1.79 bits per heavy atom. The summed E-state index contributed by atoms with van der Waals surface area (Å²) in [6.45, 7) is 2.17. The van der Waals surface area contributed by atoms with Gasteiger partial charge in [-0.2, -0.15) is 11.3 Å². The van der Waals surface area contributed by atoms with Crippen molar-refractivity contribution < 1.29 is 27.5 Å². The van der Waals surface area contributed by atoms with Gasteiger partial charge in [0, 0.05) is 12.2 Å². The number of rotatable bonds is 6. The molecule has 1 aliphatic heterocycles. The van der Waals surface area contributed by atoms with Crippen molar-refractivity contribution >= 4 is 28.8 Å². The van der Waals surface area contributed by atoms with E-state index in [0.29, 0.717) is 6.54 Å². The molecule has 1 aromatic carbocycles. The summed E-state index contributed by atoms with van der Waals surface area (Å²) in [7, 11) is 0. The van der Waals surface area contributed by atoms with Crippen molar-refractivity contribution in [2.75, 3.05) is 25.0 Å². The minimum atomic E-state index is -4.79. The van der Waals surface area contributed by atoms with Gasteiger partial charge in [0.1, 0.15) is 5.75 Å². The fourth-order valence-electron chi connectivity index (χ4n) is 3.17. The molecule has 29 heavy (non-hydrogen) atoms. The maximum atomic E-state index is 12.2. The van der Waals surface area contributed by atoms with Crippen LogP contribution in [0.3, 0.4) is 0 Å². The molecule has 2 aromatic rings. The van der Waals surface area contributed by atoms with Gasteiger partial charge in [-0.3, -0.25) is 14.5 Å². The van der Waals surface area contributed by atoms with E-state index in [1.54, 1.807) is 11.3 Å². The summed E-state index contributed by atoms with van der Waals surface area (Å²) in [4.78, 5) is 26.6. The van der Waals surface area contributed by atoms with E-state index in [2.05, 4.69) is 20.3 Å². The van der Waals surface area contributed by atoms with E-state index in [0.717, 1.165) is 43.6 Å². The van der Waals surface area contributed by atoms with Crippen LogP contribution in [0.1, 0.15) is 24.4 Å². The highest BCUT2D eigenvalue weighted by molar-refractivity contribution is 7.08. The molecule has 2 N–H and O–H groups in total. The average Bonchev–Trinajstić information content (AvgIpc) is 3.36. The Bertz CT molecular complexity index is 819. The number of alkyl halides is 3. The normalized spacial score (nSPS) is 15.7. The highest BCUT2D eigenvalue weighted by atomic mass is 32.1. The summed E-state index contributed by atoms with van der Waals surface area (Å²) < 4.78 is 40.3. The molecule has 1 aromatic heterocycles. The Hall–Kier alpha value is -2.59. The number of halogens is 3. The Balaban J connectivity index is 1.54. The first-order valence-corrected chi connectivity index (χ1v) is 9.97. The van der Waals surface area contributed by atoms with Crippen molar-refractivity contribution in [1.29, 1.82) is 0 Å². The number of likely N-dealkylation sites (tertiary alicyclic amines) is 1. The number of nitrogens with one attached hydrogen (secondary N) is 2. The Morgan fingerprint density at radius 3 is 2.38 bits per heavy atom. The number of carbonyl (C=O) groups is 2. The number of nitrogens with zero attached hydrogens (tertiary/aromatic N) is 1. The van der Waals surface area contributed by atoms with Crippen LogP contribution in [0.2, 0.25) is 0 Å². The zero-order chi connectivity index (χ0) is 20.9. The zero-order valence-electron chi connectivity index (χ0n) is 15.4. The maximum absolute atomic E-state index is 12.2. The average molecular weight is 427 g/mol. The summed E-state index contributed by atoms with van der Waals surface area (Å²) in [5, 5.41) is 9.01. The van der Waals surface area contributed by atoms with Gasteiger partial charge in [-0.15, -0.1) is 13.2 Å². The van der Waals surface area contributed by atoms with Crippen LogP contribution in [0, 0.1) is 0 Å². The number of ether oxygens (including phenoxy) is 1. The van der Waals surface area contributed by atoms with E-state index in [1.165, 1.54) is 12.1 Å². The van der Waals surface area contributed by atoms with Crippen molar-refractivity contribution in [2.45, 2.75) is 25.2 Å². The van der Waals surface area contributed by atoms with E-state index in [-0.39, 0.29) is 11.7 Å². The number of carbonyl (C=O) groups excluding carboxylic acids is 2. The van der Waals surface area contributed by atoms with Crippen molar-refractivity contribution in [2.24, 2.45) is 0 Å². The van der Waals surface area contributed by atoms with E-state index >= 15 is 0 Å². The van der Waals surface area contributed by atoms with Crippen molar-refractivity contribution in [1.82, 2.24) is 10.2 Å². The highest BCUT2D eigenvalue weighted by Crippen LogP contribution is 2.26. The van der Waals surface area contributed by atoms with Crippen molar-refractivity contribution in [3.05, 3.63) is 46.7 Å². The smallest absolute Gasteiger partial charge is 0.406 e. The molecule has 156 valence electrons. The van der Waals surface area contributed by atoms with Gasteiger partial charge in [0.25, 0.3) is 0 Å². The third-order valence-electron chi connectivity index (χ3n) is 4.52. The van der Waals surface area contributed by atoms with Gasteiger partial charge >= 0.3 is 18.2 Å². The maximum Gasteiger partial charge on any atom is 0.573 e. The van der Waals surface area contributed by atoms with E-state index in [1.807, 2.05) is 16.8 Å². The first-order chi connectivity index (χ1) is 13.8. The quantitative estimate of drug-likeness (QED) is 0.692. The Kier molecular flexibility index (Phi) is 6.75. The zero-order valence-corrected chi connectivity index (χ0v) is 16.2. The van der Waals surface area contributed by atoms with Crippen LogP contribution >= 0.6 is 11.3 Å². The molecule has 0 bridgehead atoms. The first kappa shape index (κ1) is 21.1. The molecule has 2 heterocycles. The lowest BCUT2D eigenvalue weighted by Crippen LogP contribution is -2.41. The Labute approximate surface area is 169 Å². The van der Waals surface area contributed by atoms with Crippen LogP contribution in [0.4, 0.5) is 18.9 Å². The second kappa shape index (κ2) is 9.27. The van der Waals surface area contributed by atoms with Gasteiger partial charge in [-0.05, 0) is 72.6 Å². The molecule has 2 amide bonds. The highest BCUT2D eigenvalue weighted by Gasteiger charge is 2.31. The standard InChI is InChI=1S/C19H20F3N3O3S/c20-19(21,22)28-15-5-3-14(4-6-15)24-18(27)17(26)23-11-16(13-7-10-29-12-13)25-8-1-2-9-25/h3-7,10,12,16H,1-2,8-9,11H2,(H,23,26)(H,24,27)/t16-/m0/s1. The SMILES string of the molecule is O=C(NC[C@@H](c1ccsc1)N1CCCC1)C(=O)Nc1ccc(OC(F)(F)F)cc1. The first-order valence-electron chi connectivity index (χ1n) is 9.03. The molecule has 0 spiro atoms. The van der Waals surface area contributed by atoms with Gasteiger partial charge < -0.3 is 15.4 Å². The number of thiophene rings is 1. The van der Waals surface area contributed by atoms with Gasteiger partial charge in [-0.25, -0.2) is 0 Å². The van der Waals surface area contributed by atoms with Gasteiger partial charge in [-0.1, -0.05) is 0 Å². The predicted octanol–water partition coefficient (Wildman–Crippen LogP) is 3.54. The molecule has 1 aliphatic rings. The summed E-state index contributed by atoms with van der Waals surface area (Å²) in [5.74, 6) is -2.11. The van der Waals surface area contributed by atoms with E-state index < -0.39 is 23.9 Å². The fourth-order valence-corrected chi connectivity index (χ4v) is 3.88. The second-order valence-corrected chi connectivity index (χ2v) is 7.33. The second-order valence-electron chi connectivity index (χ2n) is 6.55. The number of hydrogen-bond acceptors (Lipinski definition) is 5. The molecule has 0 unspecified atom stereocenters. The summed E-state index contributed by atoms with van der Waals surface area (Å²) in [5.41, 5.74) is 1.28. The molecule has 1 saturated heterocycles. The van der Waals surface area contributed by atoms with Gasteiger partial charge in [0.05, 0.1) is 6.04 Å². The molecule has 6 nitrogen and oxygen atoms in total. The number of benzene rings is 1. The lowest BCUT2D eigenvalue weighted by molar-refractivity contribution is -0.274. The minimum absolute atomic E-state index is 0.000647. The monoisotopic (exact) mass is 427 g/mol. The molecular weight excluding hydrogens is 407 g/mol. The topological polar surface area (TPSA) is 70.7 Å². The fraction of sp³-hybridized carbons (Fsp3) is 0.368. The van der Waals surface area contributed by atoms with Crippen molar-refractivity contribution in [3.63, 3.8) is 0 Å². The van der Waals surface area contributed by atoms with Crippen LogP contribution in [-0.4, -0.2) is 42.7 Å². The van der Waals surface area contributed by atoms with Crippen molar-refractivity contribution in [3.8, 4) is 5.75 Å². The molecule has 1 fully saturated rings. The van der Waals surface area contributed by atoms with Crippen LogP contribution in [0.5, 0.6) is 5.75 Å².